The van der Waals surface area contributed by atoms with Crippen molar-refractivity contribution in [2.45, 2.75) is 12.4 Å². The van der Waals surface area contributed by atoms with E-state index in [-0.39, 0.29) is 11.4 Å². The van der Waals surface area contributed by atoms with Gasteiger partial charge in [-0.2, -0.15) is 36.6 Å². The van der Waals surface area contributed by atoms with Crippen LogP contribution in [0.5, 0.6) is 0 Å². The maximum absolute atomic E-state index is 13.1. The van der Waals surface area contributed by atoms with Gasteiger partial charge >= 0.3 is 12.4 Å². The summed E-state index contributed by atoms with van der Waals surface area (Å²) in [5, 5.41) is 19.0. The third-order valence-corrected chi connectivity index (χ3v) is 7.97. The zero-order chi connectivity index (χ0) is 32.3. The van der Waals surface area contributed by atoms with Crippen LogP contribution >= 0.6 is 22.7 Å². The molecular weight excluding hydrogens is 647 g/mol. The van der Waals surface area contributed by atoms with Crippen LogP contribution in [0.2, 0.25) is 0 Å². The first kappa shape index (κ1) is 30.9. The predicted octanol–water partition coefficient (Wildman–Crippen LogP) is 11.9. The number of hydrogen-bond donors (Lipinski definition) is 2. The second-order valence-corrected chi connectivity index (χ2v) is 11.5. The van der Waals surface area contributed by atoms with Crippen LogP contribution in [-0.4, -0.2) is 9.97 Å². The smallest absolute Gasteiger partial charge is 0.332 e. The minimum absolute atomic E-state index is 0.279. The highest BCUT2D eigenvalue weighted by atomic mass is 32.1. The molecule has 0 atom stereocenters. The zero-order valence-electron chi connectivity index (χ0n) is 23.3. The highest BCUT2D eigenvalue weighted by Gasteiger charge is 2.31. The molecular formula is C32H20F6N6S2. The van der Waals surface area contributed by atoms with E-state index in [4.69, 9.17) is 0 Å². The van der Waals surface area contributed by atoms with Crippen LogP contribution < -0.4 is 10.6 Å². The Bertz CT molecular complexity index is 1870. The molecule has 232 valence electrons. The molecule has 0 radical (unpaired) electrons. The van der Waals surface area contributed by atoms with E-state index in [1.165, 1.54) is 46.9 Å². The Morgan fingerprint density at radius 1 is 0.522 bits per heavy atom. The fraction of sp³-hybridized carbons (Fsp3) is 0.0625. The first-order valence-corrected chi connectivity index (χ1v) is 15.2. The summed E-state index contributed by atoms with van der Waals surface area (Å²) in [6.07, 6.45) is -8.88. The van der Waals surface area contributed by atoms with E-state index in [1.807, 2.05) is 12.1 Å². The molecule has 0 amide bonds. The summed E-state index contributed by atoms with van der Waals surface area (Å²) in [6.45, 7) is 0. The molecule has 6 nitrogen and oxygen atoms in total. The molecule has 0 saturated carbocycles. The second-order valence-electron chi connectivity index (χ2n) is 9.78. The summed E-state index contributed by atoms with van der Waals surface area (Å²) in [4.78, 5) is 9.02. The number of nitrogens with zero attached hydrogens (tertiary/aromatic N) is 4. The number of thiazole rings is 2. The molecule has 0 aliphatic rings. The number of benzene rings is 4. The second kappa shape index (κ2) is 12.7. The Balaban J connectivity index is 1.13. The van der Waals surface area contributed by atoms with Crippen molar-refractivity contribution < 1.29 is 26.3 Å². The van der Waals surface area contributed by atoms with Crippen molar-refractivity contribution >= 4 is 55.7 Å². The number of alkyl halides is 6. The van der Waals surface area contributed by atoms with Crippen LogP contribution in [0.15, 0.2) is 118 Å². The Morgan fingerprint density at radius 2 is 0.935 bits per heavy atom. The van der Waals surface area contributed by atoms with Crippen LogP contribution in [0.4, 0.5) is 59.4 Å². The highest BCUT2D eigenvalue weighted by Crippen LogP contribution is 2.35. The summed E-state index contributed by atoms with van der Waals surface area (Å²) in [5.41, 5.74) is 2.93. The van der Waals surface area contributed by atoms with Crippen molar-refractivity contribution in [3.63, 3.8) is 0 Å². The van der Waals surface area contributed by atoms with Gasteiger partial charge in [-0.3, -0.25) is 0 Å². The van der Waals surface area contributed by atoms with Gasteiger partial charge in [-0.25, -0.2) is 9.97 Å². The van der Waals surface area contributed by atoms with Gasteiger partial charge in [0.2, 0.25) is 0 Å². The molecule has 0 saturated heterocycles. The molecule has 0 fully saturated rings. The third kappa shape index (κ3) is 7.58. The Morgan fingerprint density at radius 3 is 1.35 bits per heavy atom. The first-order valence-electron chi connectivity index (χ1n) is 13.4. The maximum atomic E-state index is 13.1. The Labute approximate surface area is 266 Å². The molecule has 2 aromatic heterocycles. The lowest BCUT2D eigenvalue weighted by molar-refractivity contribution is -0.138. The van der Waals surface area contributed by atoms with Crippen LogP contribution in [0.25, 0.3) is 22.5 Å². The lowest BCUT2D eigenvalue weighted by Gasteiger charge is -2.09. The molecule has 0 spiro atoms. The fourth-order valence-electron chi connectivity index (χ4n) is 4.29. The summed E-state index contributed by atoms with van der Waals surface area (Å²) < 4.78 is 78.3. The monoisotopic (exact) mass is 666 g/mol. The van der Waals surface area contributed by atoms with Gasteiger partial charge in [-0.1, -0.05) is 36.4 Å². The Kier molecular flexibility index (Phi) is 8.56. The summed E-state index contributed by atoms with van der Waals surface area (Å²) in [5.74, 6) is 0. The lowest BCUT2D eigenvalue weighted by atomic mass is 10.1. The van der Waals surface area contributed by atoms with Crippen molar-refractivity contribution in [3.05, 3.63) is 119 Å². The largest absolute Gasteiger partial charge is 0.416 e. The first-order chi connectivity index (χ1) is 22.0. The summed E-state index contributed by atoms with van der Waals surface area (Å²) in [7, 11) is 0. The van der Waals surface area contributed by atoms with Gasteiger partial charge in [0.05, 0.1) is 33.9 Å². The zero-order valence-corrected chi connectivity index (χ0v) is 24.9. The number of azo groups is 1. The van der Waals surface area contributed by atoms with Crippen molar-refractivity contribution in [1.29, 1.82) is 0 Å². The number of halogens is 6. The van der Waals surface area contributed by atoms with Gasteiger partial charge in [0.1, 0.15) is 0 Å². The van der Waals surface area contributed by atoms with E-state index in [0.29, 0.717) is 33.0 Å². The third-order valence-electron chi connectivity index (χ3n) is 6.46. The molecule has 14 heteroatoms. The quantitative estimate of drug-likeness (QED) is 0.125. The molecule has 6 rings (SSSR count). The van der Waals surface area contributed by atoms with Gasteiger partial charge in [-0.05, 0) is 60.7 Å². The van der Waals surface area contributed by atoms with Gasteiger partial charge < -0.3 is 10.6 Å². The topological polar surface area (TPSA) is 74.6 Å². The van der Waals surface area contributed by atoms with Crippen molar-refractivity contribution in [3.8, 4) is 22.5 Å². The van der Waals surface area contributed by atoms with E-state index in [0.717, 1.165) is 35.4 Å². The molecule has 6 aromatic rings. The Hall–Kier alpha value is -5.08. The molecule has 0 aliphatic carbocycles. The number of aromatic nitrogens is 2. The molecule has 0 bridgehead atoms. The molecule has 4 aromatic carbocycles. The van der Waals surface area contributed by atoms with E-state index in [9.17, 15) is 26.3 Å². The van der Waals surface area contributed by atoms with Gasteiger partial charge in [0, 0.05) is 33.3 Å². The highest BCUT2D eigenvalue weighted by molar-refractivity contribution is 7.14. The van der Waals surface area contributed by atoms with E-state index < -0.39 is 23.5 Å². The lowest BCUT2D eigenvalue weighted by Crippen LogP contribution is -2.05. The van der Waals surface area contributed by atoms with Gasteiger partial charge in [0.25, 0.3) is 0 Å². The van der Waals surface area contributed by atoms with Gasteiger partial charge in [0.15, 0.2) is 10.3 Å². The normalized spacial score (nSPS) is 12.0. The predicted molar refractivity (Wildman–Crippen MR) is 169 cm³/mol. The van der Waals surface area contributed by atoms with E-state index in [2.05, 4.69) is 30.8 Å². The number of nitrogens with one attached hydrogen (secondary N) is 2. The summed E-state index contributed by atoms with van der Waals surface area (Å²) >= 11 is 2.52. The average molecular weight is 667 g/mol. The van der Waals surface area contributed by atoms with E-state index in [1.54, 1.807) is 47.2 Å². The van der Waals surface area contributed by atoms with Crippen LogP contribution in [-0.2, 0) is 12.4 Å². The van der Waals surface area contributed by atoms with Crippen LogP contribution in [0.3, 0.4) is 0 Å². The molecule has 46 heavy (non-hydrogen) atoms. The molecule has 2 heterocycles. The molecule has 0 unspecified atom stereocenters. The van der Waals surface area contributed by atoms with Crippen molar-refractivity contribution in [2.24, 2.45) is 10.2 Å². The van der Waals surface area contributed by atoms with E-state index >= 15 is 0 Å². The number of anilines is 4. The maximum Gasteiger partial charge on any atom is 0.416 e. The van der Waals surface area contributed by atoms with Crippen molar-refractivity contribution in [1.82, 2.24) is 9.97 Å². The molecule has 2 N–H and O–H groups in total. The SMILES string of the molecule is FC(F)(F)c1cccc(Nc2nc(-c3cccc(/N=N\c4cccc(-c5csc(Nc6cccc(C(F)(F)F)c6)n5)c4)c3)cs2)c1. The average Bonchev–Trinajstić information content (AvgIpc) is 3.70. The van der Waals surface area contributed by atoms with Gasteiger partial charge in [-0.15, -0.1) is 22.7 Å². The van der Waals surface area contributed by atoms with Crippen LogP contribution in [0.1, 0.15) is 11.1 Å². The minimum Gasteiger partial charge on any atom is -0.332 e. The summed E-state index contributed by atoms with van der Waals surface area (Å²) in [6, 6.07) is 24.2. The standard InChI is InChI=1S/C32H20F6N6S2/c33-31(34,35)21-7-3-9-23(15-21)39-29-41-27(17-45-29)19-5-1-11-25(13-19)43-44-26-12-2-6-20(14-26)28-18-46-30(42-28)40-24-10-4-8-22(16-24)32(36,37)38/h1-18H,(H,39,41)(H,40,42)/b44-43-. The minimum atomic E-state index is -4.44. The van der Waals surface area contributed by atoms with Crippen molar-refractivity contribution in [2.75, 3.05) is 10.6 Å². The van der Waals surface area contributed by atoms with Crippen LogP contribution in [0, 0.1) is 0 Å². The molecule has 0 aliphatic heterocycles. The fourth-order valence-corrected chi connectivity index (χ4v) is 5.77. The number of hydrogen-bond acceptors (Lipinski definition) is 8. The number of rotatable bonds is 8.